The maximum absolute atomic E-state index is 5.91. The molecule has 0 aliphatic carbocycles. The monoisotopic (exact) mass is 191 g/mol. The summed E-state index contributed by atoms with van der Waals surface area (Å²) in [6, 6.07) is 6.27. The molecule has 0 atom stereocenters. The molecular weight excluding hydrogens is 174 g/mol. The van der Waals surface area contributed by atoms with Gasteiger partial charge >= 0.3 is 0 Å². The number of hydrogen-bond donors (Lipinski definition) is 1. The summed E-state index contributed by atoms with van der Waals surface area (Å²) in [6.07, 6.45) is 0. The van der Waals surface area contributed by atoms with Crippen LogP contribution in [0.3, 0.4) is 0 Å². The van der Waals surface area contributed by atoms with Gasteiger partial charge < -0.3 is 10.1 Å². The van der Waals surface area contributed by atoms with Crippen molar-refractivity contribution in [3.63, 3.8) is 0 Å². The summed E-state index contributed by atoms with van der Waals surface area (Å²) >= 11 is 0. The Kier molecular flexibility index (Phi) is 2.23. The van der Waals surface area contributed by atoms with Crippen molar-refractivity contribution < 1.29 is 4.74 Å². The first kappa shape index (κ1) is 9.53. The maximum atomic E-state index is 5.91. The van der Waals surface area contributed by atoms with Gasteiger partial charge in [0.15, 0.2) is 0 Å². The highest BCUT2D eigenvalue weighted by Crippen LogP contribution is 2.23. The van der Waals surface area contributed by atoms with Gasteiger partial charge in [0.1, 0.15) is 11.4 Å². The van der Waals surface area contributed by atoms with Gasteiger partial charge in [0.2, 0.25) is 0 Å². The van der Waals surface area contributed by atoms with Crippen LogP contribution in [0.4, 0.5) is 0 Å². The minimum Gasteiger partial charge on any atom is -0.485 e. The summed E-state index contributed by atoms with van der Waals surface area (Å²) in [4.78, 5) is 0. The lowest BCUT2D eigenvalue weighted by atomic mass is 10.00. The average molecular weight is 191 g/mol. The molecule has 1 aliphatic rings. The van der Waals surface area contributed by atoms with Gasteiger partial charge in [-0.25, -0.2) is 0 Å². The van der Waals surface area contributed by atoms with Gasteiger partial charge in [0, 0.05) is 13.1 Å². The molecule has 0 radical (unpaired) electrons. The van der Waals surface area contributed by atoms with Crippen LogP contribution in [0.1, 0.15) is 18.1 Å². The zero-order chi connectivity index (χ0) is 10.2. The zero-order valence-corrected chi connectivity index (χ0v) is 9.05. The number of hydrogen-bond acceptors (Lipinski definition) is 2. The first-order chi connectivity index (χ1) is 6.59. The van der Waals surface area contributed by atoms with E-state index in [-0.39, 0.29) is 5.60 Å². The van der Waals surface area contributed by atoms with E-state index < -0.39 is 0 Å². The van der Waals surface area contributed by atoms with E-state index >= 15 is 0 Å². The smallest absolute Gasteiger partial charge is 0.131 e. The zero-order valence-electron chi connectivity index (χ0n) is 9.05. The molecule has 0 unspecified atom stereocenters. The van der Waals surface area contributed by atoms with Crippen LogP contribution >= 0.6 is 0 Å². The van der Waals surface area contributed by atoms with Crippen molar-refractivity contribution in [2.75, 3.05) is 13.1 Å². The van der Waals surface area contributed by atoms with Crippen LogP contribution in [0.2, 0.25) is 0 Å². The van der Waals surface area contributed by atoms with Crippen molar-refractivity contribution >= 4 is 0 Å². The first-order valence-corrected chi connectivity index (χ1v) is 5.06. The van der Waals surface area contributed by atoms with Gasteiger partial charge in [-0.3, -0.25) is 0 Å². The van der Waals surface area contributed by atoms with E-state index in [1.54, 1.807) is 0 Å². The van der Waals surface area contributed by atoms with Crippen molar-refractivity contribution in [2.24, 2.45) is 0 Å². The van der Waals surface area contributed by atoms with Gasteiger partial charge in [-0.2, -0.15) is 0 Å². The second-order valence-corrected chi connectivity index (χ2v) is 4.40. The predicted octanol–water partition coefficient (Wildman–Crippen LogP) is 2.04. The Hall–Kier alpha value is -1.02. The average Bonchev–Trinajstić information content (AvgIpc) is 2.09. The number of benzene rings is 1. The lowest BCUT2D eigenvalue weighted by molar-refractivity contribution is 0.0348. The van der Waals surface area contributed by atoms with Crippen molar-refractivity contribution in [2.45, 2.75) is 26.4 Å². The predicted molar refractivity (Wildman–Crippen MR) is 57.8 cm³/mol. The van der Waals surface area contributed by atoms with Crippen molar-refractivity contribution in [1.29, 1.82) is 0 Å². The molecule has 0 spiro atoms. The number of nitrogens with one attached hydrogen (secondary N) is 1. The lowest BCUT2D eigenvalue weighted by Gasteiger charge is -2.39. The van der Waals surface area contributed by atoms with Crippen LogP contribution in [0.25, 0.3) is 0 Å². The van der Waals surface area contributed by atoms with Crippen molar-refractivity contribution in [3.8, 4) is 5.75 Å². The molecule has 2 rings (SSSR count). The van der Waals surface area contributed by atoms with E-state index in [4.69, 9.17) is 4.74 Å². The summed E-state index contributed by atoms with van der Waals surface area (Å²) in [6.45, 7) is 8.26. The SMILES string of the molecule is Cc1ccc(OC2(C)CNC2)cc1C. The molecule has 1 aromatic rings. The van der Waals surface area contributed by atoms with Crippen LogP contribution < -0.4 is 10.1 Å². The molecule has 2 heteroatoms. The molecule has 1 N–H and O–H groups in total. The molecular formula is C12H17NO. The molecule has 2 nitrogen and oxygen atoms in total. The van der Waals surface area contributed by atoms with Crippen molar-refractivity contribution in [1.82, 2.24) is 5.32 Å². The summed E-state index contributed by atoms with van der Waals surface area (Å²) < 4.78 is 5.91. The molecule has 14 heavy (non-hydrogen) atoms. The Labute approximate surface area is 85.3 Å². The van der Waals surface area contributed by atoms with Crippen LogP contribution in [-0.2, 0) is 0 Å². The Morgan fingerprint density at radius 3 is 2.43 bits per heavy atom. The number of aryl methyl sites for hydroxylation is 2. The van der Waals surface area contributed by atoms with Gasteiger partial charge in [0.25, 0.3) is 0 Å². The molecule has 1 aromatic carbocycles. The lowest BCUT2D eigenvalue weighted by Crippen LogP contribution is -2.61. The minimum atomic E-state index is 0.00168. The minimum absolute atomic E-state index is 0.00168. The molecule has 1 aliphatic heterocycles. The van der Waals surface area contributed by atoms with E-state index in [1.807, 2.05) is 6.07 Å². The van der Waals surface area contributed by atoms with E-state index in [2.05, 4.69) is 38.2 Å². The maximum Gasteiger partial charge on any atom is 0.131 e. The summed E-state index contributed by atoms with van der Waals surface area (Å²) in [5.41, 5.74) is 2.61. The molecule has 0 aromatic heterocycles. The normalized spacial score (nSPS) is 18.8. The molecule has 0 amide bonds. The molecule has 1 fully saturated rings. The fourth-order valence-electron chi connectivity index (χ4n) is 1.61. The second-order valence-electron chi connectivity index (χ2n) is 4.40. The van der Waals surface area contributed by atoms with Gasteiger partial charge in [0.05, 0.1) is 0 Å². The summed E-state index contributed by atoms with van der Waals surface area (Å²) in [5, 5.41) is 3.22. The van der Waals surface area contributed by atoms with Gasteiger partial charge in [-0.15, -0.1) is 0 Å². The van der Waals surface area contributed by atoms with Crippen LogP contribution in [0.5, 0.6) is 5.75 Å². The summed E-state index contributed by atoms with van der Waals surface area (Å²) in [5.74, 6) is 0.983. The quantitative estimate of drug-likeness (QED) is 0.772. The third-order valence-corrected chi connectivity index (χ3v) is 2.84. The largest absolute Gasteiger partial charge is 0.485 e. The first-order valence-electron chi connectivity index (χ1n) is 5.06. The molecule has 1 saturated heterocycles. The standard InChI is InChI=1S/C12H17NO/c1-9-4-5-11(6-10(9)2)14-12(3)7-13-8-12/h4-6,13H,7-8H2,1-3H3. The fourth-order valence-corrected chi connectivity index (χ4v) is 1.61. The Morgan fingerprint density at radius 2 is 1.93 bits per heavy atom. The highest BCUT2D eigenvalue weighted by molar-refractivity contribution is 5.34. The Bertz CT molecular complexity index is 342. The molecule has 0 bridgehead atoms. The van der Waals surface area contributed by atoms with Crippen molar-refractivity contribution in [3.05, 3.63) is 29.3 Å². The highest BCUT2D eigenvalue weighted by atomic mass is 16.5. The summed E-state index contributed by atoms with van der Waals surface area (Å²) in [7, 11) is 0. The van der Waals surface area contributed by atoms with Crippen LogP contribution in [0, 0.1) is 13.8 Å². The molecule has 0 saturated carbocycles. The van der Waals surface area contributed by atoms with E-state index in [0.717, 1.165) is 18.8 Å². The highest BCUT2D eigenvalue weighted by Gasteiger charge is 2.33. The number of ether oxygens (including phenoxy) is 1. The number of rotatable bonds is 2. The third-order valence-electron chi connectivity index (χ3n) is 2.84. The second kappa shape index (κ2) is 3.28. The molecule has 1 heterocycles. The Morgan fingerprint density at radius 1 is 1.21 bits per heavy atom. The van der Waals surface area contributed by atoms with Crippen LogP contribution in [-0.4, -0.2) is 18.7 Å². The fraction of sp³-hybridized carbons (Fsp3) is 0.500. The van der Waals surface area contributed by atoms with Gasteiger partial charge in [-0.05, 0) is 44.0 Å². The Balaban J connectivity index is 2.13. The van der Waals surface area contributed by atoms with Crippen LogP contribution in [0.15, 0.2) is 18.2 Å². The third kappa shape index (κ3) is 1.75. The topological polar surface area (TPSA) is 21.3 Å². The van der Waals surface area contributed by atoms with E-state index in [9.17, 15) is 0 Å². The van der Waals surface area contributed by atoms with E-state index in [0.29, 0.717) is 0 Å². The molecule has 76 valence electrons. The van der Waals surface area contributed by atoms with E-state index in [1.165, 1.54) is 11.1 Å². The van der Waals surface area contributed by atoms with Gasteiger partial charge in [-0.1, -0.05) is 6.07 Å².